The van der Waals surface area contributed by atoms with Crippen molar-refractivity contribution in [2.24, 2.45) is 7.05 Å². The number of benzene rings is 1. The molecule has 1 aliphatic carbocycles. The summed E-state index contributed by atoms with van der Waals surface area (Å²) in [5.74, 6) is 2.06. The van der Waals surface area contributed by atoms with Crippen molar-refractivity contribution in [1.29, 1.82) is 0 Å². The summed E-state index contributed by atoms with van der Waals surface area (Å²) in [4.78, 5) is 9.59. The average Bonchev–Trinajstić information content (AvgIpc) is 3.31. The highest BCUT2D eigenvalue weighted by molar-refractivity contribution is 5.86. The highest BCUT2D eigenvalue weighted by atomic mass is 16.3. The van der Waals surface area contributed by atoms with Crippen LogP contribution in [0.15, 0.2) is 36.5 Å². The van der Waals surface area contributed by atoms with E-state index in [0.717, 1.165) is 41.1 Å². The molecular weight excluding hydrogens is 314 g/mol. The lowest BCUT2D eigenvalue weighted by atomic mass is 10.1. The maximum atomic E-state index is 9.87. The van der Waals surface area contributed by atoms with Gasteiger partial charge in [-0.25, -0.2) is 9.97 Å². The molecule has 6 nitrogen and oxygen atoms in total. The fourth-order valence-corrected chi connectivity index (χ4v) is 3.60. The van der Waals surface area contributed by atoms with Gasteiger partial charge in [-0.2, -0.15) is 5.10 Å². The van der Waals surface area contributed by atoms with Crippen molar-refractivity contribution in [1.82, 2.24) is 19.7 Å². The Morgan fingerprint density at radius 1 is 1.20 bits per heavy atom. The minimum absolute atomic E-state index is 0.00542. The second-order valence-electron chi connectivity index (χ2n) is 6.71. The van der Waals surface area contributed by atoms with Crippen LogP contribution < -0.4 is 5.32 Å². The van der Waals surface area contributed by atoms with Crippen LogP contribution in [-0.2, 0) is 7.05 Å². The number of rotatable bonds is 5. The van der Waals surface area contributed by atoms with Crippen LogP contribution in [0.4, 0.5) is 5.82 Å². The van der Waals surface area contributed by atoms with E-state index in [1.54, 1.807) is 10.9 Å². The number of nitrogens with one attached hydrogen (secondary N) is 1. The number of hydrogen-bond acceptors (Lipinski definition) is 5. The molecular formula is C19H23N5O. The summed E-state index contributed by atoms with van der Waals surface area (Å²) >= 11 is 0. The van der Waals surface area contributed by atoms with Crippen LogP contribution in [0.2, 0.25) is 0 Å². The first-order valence-corrected chi connectivity index (χ1v) is 8.88. The lowest BCUT2D eigenvalue weighted by Crippen LogP contribution is -2.17. The molecule has 25 heavy (non-hydrogen) atoms. The molecule has 0 bridgehead atoms. The zero-order valence-electron chi connectivity index (χ0n) is 14.4. The van der Waals surface area contributed by atoms with Gasteiger partial charge in [0.1, 0.15) is 11.6 Å². The van der Waals surface area contributed by atoms with E-state index in [-0.39, 0.29) is 12.6 Å². The zero-order valence-corrected chi connectivity index (χ0v) is 14.4. The van der Waals surface area contributed by atoms with Gasteiger partial charge in [0.05, 0.1) is 24.2 Å². The molecule has 2 N–H and O–H groups in total. The van der Waals surface area contributed by atoms with E-state index in [0.29, 0.717) is 5.92 Å². The maximum Gasteiger partial charge on any atom is 0.163 e. The van der Waals surface area contributed by atoms with Crippen LogP contribution in [0, 0.1) is 0 Å². The monoisotopic (exact) mass is 337 g/mol. The van der Waals surface area contributed by atoms with Crippen molar-refractivity contribution in [3.63, 3.8) is 0 Å². The molecule has 0 saturated heterocycles. The fourth-order valence-electron chi connectivity index (χ4n) is 3.60. The molecule has 0 radical (unpaired) electrons. The van der Waals surface area contributed by atoms with Gasteiger partial charge in [0.15, 0.2) is 5.65 Å². The Morgan fingerprint density at radius 2 is 1.96 bits per heavy atom. The molecule has 1 saturated carbocycles. The highest BCUT2D eigenvalue weighted by Gasteiger charge is 2.23. The van der Waals surface area contributed by atoms with Gasteiger partial charge in [0, 0.05) is 13.0 Å². The first-order chi connectivity index (χ1) is 12.3. The lowest BCUT2D eigenvalue weighted by Gasteiger charge is -2.19. The molecule has 4 rings (SSSR count). The summed E-state index contributed by atoms with van der Waals surface area (Å²) in [6.45, 7) is -0.00542. The predicted molar refractivity (Wildman–Crippen MR) is 97.4 cm³/mol. The van der Waals surface area contributed by atoms with E-state index in [1.807, 2.05) is 37.4 Å². The largest absolute Gasteiger partial charge is 0.394 e. The Labute approximate surface area is 146 Å². The Bertz CT molecular complexity index is 855. The molecule has 1 aromatic carbocycles. The number of aliphatic hydroxyl groups excluding tert-OH is 1. The summed E-state index contributed by atoms with van der Waals surface area (Å²) in [6.07, 6.45) is 6.55. The predicted octanol–water partition coefficient (Wildman–Crippen LogP) is 3.17. The number of anilines is 1. The van der Waals surface area contributed by atoms with E-state index in [4.69, 9.17) is 9.97 Å². The van der Waals surface area contributed by atoms with Crippen molar-refractivity contribution in [2.75, 3.05) is 11.9 Å². The number of nitrogens with zero attached hydrogens (tertiary/aromatic N) is 4. The molecule has 2 aromatic heterocycles. The van der Waals surface area contributed by atoms with Crippen molar-refractivity contribution in [3.8, 4) is 0 Å². The van der Waals surface area contributed by atoms with Gasteiger partial charge in [-0.3, -0.25) is 4.68 Å². The molecule has 6 heteroatoms. The minimum atomic E-state index is -0.212. The maximum absolute atomic E-state index is 9.87. The smallest absolute Gasteiger partial charge is 0.163 e. The third-order valence-electron chi connectivity index (χ3n) is 5.03. The van der Waals surface area contributed by atoms with E-state index in [1.165, 1.54) is 12.8 Å². The van der Waals surface area contributed by atoms with Gasteiger partial charge < -0.3 is 10.4 Å². The van der Waals surface area contributed by atoms with E-state index in [9.17, 15) is 5.11 Å². The van der Waals surface area contributed by atoms with Crippen LogP contribution in [0.3, 0.4) is 0 Å². The van der Waals surface area contributed by atoms with Crippen LogP contribution in [0.1, 0.15) is 49.0 Å². The van der Waals surface area contributed by atoms with E-state index in [2.05, 4.69) is 10.4 Å². The standard InChI is InChI=1S/C19H23N5O/c1-24-19-15(11-20-24)18(22-17(23-19)14-9-5-6-10-14)21-16(12-25)13-7-3-2-4-8-13/h2-4,7-8,11,14,16,25H,5-6,9-10,12H2,1H3,(H,21,22,23). The van der Waals surface area contributed by atoms with Gasteiger partial charge in [0.2, 0.25) is 0 Å². The second kappa shape index (κ2) is 6.80. The first kappa shape index (κ1) is 16.0. The third-order valence-corrected chi connectivity index (χ3v) is 5.03. The summed E-state index contributed by atoms with van der Waals surface area (Å²) < 4.78 is 1.79. The second-order valence-corrected chi connectivity index (χ2v) is 6.71. The molecule has 1 atom stereocenters. The number of hydrogen-bond donors (Lipinski definition) is 2. The third kappa shape index (κ3) is 3.09. The number of aryl methyl sites for hydroxylation is 1. The fraction of sp³-hybridized carbons (Fsp3) is 0.421. The van der Waals surface area contributed by atoms with Gasteiger partial charge in [-0.1, -0.05) is 43.2 Å². The Balaban J connectivity index is 1.74. The Hall–Kier alpha value is -2.47. The van der Waals surface area contributed by atoms with Gasteiger partial charge >= 0.3 is 0 Å². The van der Waals surface area contributed by atoms with E-state index >= 15 is 0 Å². The highest BCUT2D eigenvalue weighted by Crippen LogP contribution is 2.34. The average molecular weight is 337 g/mol. The van der Waals surface area contributed by atoms with Crippen LogP contribution in [-0.4, -0.2) is 31.5 Å². The van der Waals surface area contributed by atoms with Crippen molar-refractivity contribution >= 4 is 16.9 Å². The molecule has 1 aliphatic rings. The van der Waals surface area contributed by atoms with Gasteiger partial charge in [-0.15, -0.1) is 0 Å². The topological polar surface area (TPSA) is 75.9 Å². The summed E-state index contributed by atoms with van der Waals surface area (Å²) in [6, 6.07) is 9.73. The summed E-state index contributed by atoms with van der Waals surface area (Å²) in [5.41, 5.74) is 1.87. The molecule has 2 heterocycles. The van der Waals surface area contributed by atoms with Crippen molar-refractivity contribution in [2.45, 2.75) is 37.6 Å². The minimum Gasteiger partial charge on any atom is -0.394 e. The van der Waals surface area contributed by atoms with Crippen LogP contribution in [0.25, 0.3) is 11.0 Å². The van der Waals surface area contributed by atoms with Gasteiger partial charge in [0.25, 0.3) is 0 Å². The van der Waals surface area contributed by atoms with Crippen molar-refractivity contribution in [3.05, 3.63) is 47.9 Å². The van der Waals surface area contributed by atoms with Gasteiger partial charge in [-0.05, 0) is 18.4 Å². The Kier molecular flexibility index (Phi) is 4.36. The number of aliphatic hydroxyl groups is 1. The molecule has 0 amide bonds. The quantitative estimate of drug-likeness (QED) is 0.748. The van der Waals surface area contributed by atoms with E-state index < -0.39 is 0 Å². The van der Waals surface area contributed by atoms with Crippen molar-refractivity contribution < 1.29 is 5.11 Å². The lowest BCUT2D eigenvalue weighted by molar-refractivity contribution is 0.276. The molecule has 3 aromatic rings. The van der Waals surface area contributed by atoms with Crippen LogP contribution >= 0.6 is 0 Å². The number of aromatic nitrogens is 4. The molecule has 1 unspecified atom stereocenters. The zero-order chi connectivity index (χ0) is 17.2. The normalized spacial score (nSPS) is 16.4. The first-order valence-electron chi connectivity index (χ1n) is 8.88. The molecule has 130 valence electrons. The van der Waals surface area contributed by atoms with Crippen LogP contribution in [0.5, 0.6) is 0 Å². The number of fused-ring (bicyclic) bond motifs is 1. The molecule has 0 spiro atoms. The summed E-state index contributed by atoms with van der Waals surface area (Å²) in [7, 11) is 1.90. The summed E-state index contributed by atoms with van der Waals surface area (Å²) in [5, 5.41) is 18.5. The molecule has 1 fully saturated rings. The SMILES string of the molecule is Cn1ncc2c(NC(CO)c3ccccc3)nc(C3CCCC3)nc21. The Morgan fingerprint density at radius 3 is 2.68 bits per heavy atom. The molecule has 0 aliphatic heterocycles.